The number of rotatable bonds is 5. The second-order valence-corrected chi connectivity index (χ2v) is 7.89. The van der Waals surface area contributed by atoms with Crippen LogP contribution in [-0.4, -0.2) is 17.4 Å². The van der Waals surface area contributed by atoms with E-state index in [9.17, 15) is 4.79 Å². The van der Waals surface area contributed by atoms with E-state index in [-0.39, 0.29) is 12.6 Å². The fraction of sp³-hybridized carbons (Fsp3) is 0.227. The first kappa shape index (κ1) is 17.8. The van der Waals surface area contributed by atoms with Gasteiger partial charge < -0.3 is 10.5 Å². The zero-order chi connectivity index (χ0) is 18.6. The molecule has 0 fully saturated rings. The highest BCUT2D eigenvalue weighted by atomic mass is 32.1. The number of nitrogens with zero attached hydrogens (tertiary/aromatic N) is 1. The maximum absolute atomic E-state index is 12.6. The number of anilines is 1. The van der Waals surface area contributed by atoms with Gasteiger partial charge in [-0.2, -0.15) is 0 Å². The summed E-state index contributed by atoms with van der Waals surface area (Å²) in [5, 5.41) is 0.569. The molecule has 0 spiro atoms. The van der Waals surface area contributed by atoms with Crippen LogP contribution in [0.2, 0.25) is 0 Å². The maximum Gasteiger partial charge on any atom is 0.341 e. The molecule has 0 amide bonds. The highest BCUT2D eigenvalue weighted by Crippen LogP contribution is 2.36. The lowest BCUT2D eigenvalue weighted by Crippen LogP contribution is -2.29. The van der Waals surface area contributed by atoms with Crippen molar-refractivity contribution in [2.45, 2.75) is 26.1 Å². The quantitative estimate of drug-likeness (QED) is 0.675. The molecule has 0 atom stereocenters. The molecule has 0 saturated carbocycles. The van der Waals surface area contributed by atoms with E-state index in [0.29, 0.717) is 10.6 Å². The van der Waals surface area contributed by atoms with Crippen LogP contribution in [0.4, 0.5) is 5.00 Å². The third-order valence-corrected chi connectivity index (χ3v) is 5.87. The lowest BCUT2D eigenvalue weighted by molar-refractivity contribution is 0.0472. The van der Waals surface area contributed by atoms with E-state index in [2.05, 4.69) is 29.2 Å². The summed E-state index contributed by atoms with van der Waals surface area (Å²) in [6.45, 7) is 2.91. The molecule has 27 heavy (non-hydrogen) atoms. The summed E-state index contributed by atoms with van der Waals surface area (Å²) in [6, 6.07) is 20.2. The van der Waals surface area contributed by atoms with Gasteiger partial charge in [0.25, 0.3) is 0 Å². The van der Waals surface area contributed by atoms with E-state index >= 15 is 0 Å². The molecule has 0 aliphatic carbocycles. The van der Waals surface area contributed by atoms with Crippen LogP contribution in [0.25, 0.3) is 0 Å². The van der Waals surface area contributed by atoms with Crippen molar-refractivity contribution >= 4 is 22.3 Å². The standard InChI is InChI=1S/C22H22N2O2S/c23-21-20(22(25)26-15-17-9-5-2-6-10-17)18-11-12-24(14-19(18)27-21)13-16-7-3-1-4-8-16/h1-10H,11-15,23H2. The van der Waals surface area contributed by atoms with Crippen molar-refractivity contribution in [1.29, 1.82) is 0 Å². The van der Waals surface area contributed by atoms with Crippen molar-refractivity contribution in [2.24, 2.45) is 0 Å². The normalized spacial score (nSPS) is 13.9. The number of hydrogen-bond acceptors (Lipinski definition) is 5. The molecule has 5 heteroatoms. The molecular formula is C22H22N2O2S. The Labute approximate surface area is 163 Å². The lowest BCUT2D eigenvalue weighted by Gasteiger charge is -2.27. The molecule has 4 nitrogen and oxygen atoms in total. The summed E-state index contributed by atoms with van der Waals surface area (Å²) in [5.74, 6) is -0.314. The molecular weight excluding hydrogens is 356 g/mol. The molecule has 1 aliphatic rings. The molecule has 2 heterocycles. The van der Waals surface area contributed by atoms with Gasteiger partial charge >= 0.3 is 5.97 Å². The molecule has 3 aromatic rings. The highest BCUT2D eigenvalue weighted by molar-refractivity contribution is 7.16. The number of carbonyl (C=O) groups excluding carboxylic acids is 1. The van der Waals surface area contributed by atoms with Gasteiger partial charge in [0, 0.05) is 24.5 Å². The molecule has 2 N–H and O–H groups in total. The first-order chi connectivity index (χ1) is 13.2. The molecule has 1 aliphatic heterocycles. The molecule has 0 unspecified atom stereocenters. The Morgan fingerprint density at radius 1 is 1.04 bits per heavy atom. The third kappa shape index (κ3) is 4.04. The van der Waals surface area contributed by atoms with Crippen LogP contribution in [-0.2, 0) is 30.9 Å². The van der Waals surface area contributed by atoms with Crippen molar-refractivity contribution in [3.05, 3.63) is 87.8 Å². The fourth-order valence-corrected chi connectivity index (χ4v) is 4.62. The number of esters is 1. The largest absolute Gasteiger partial charge is 0.457 e. The molecule has 0 radical (unpaired) electrons. The van der Waals surface area contributed by atoms with Crippen molar-refractivity contribution in [2.75, 3.05) is 12.3 Å². The minimum atomic E-state index is -0.314. The fourth-order valence-electron chi connectivity index (χ4n) is 3.47. The lowest BCUT2D eigenvalue weighted by atomic mass is 10.0. The summed E-state index contributed by atoms with van der Waals surface area (Å²) >= 11 is 1.52. The number of benzene rings is 2. The third-order valence-electron chi connectivity index (χ3n) is 4.83. The molecule has 2 aromatic carbocycles. The van der Waals surface area contributed by atoms with Crippen molar-refractivity contribution in [3.63, 3.8) is 0 Å². The average molecular weight is 378 g/mol. The Kier molecular flexibility index (Phi) is 5.23. The van der Waals surface area contributed by atoms with Crippen LogP contribution in [0.5, 0.6) is 0 Å². The second kappa shape index (κ2) is 7.94. The van der Waals surface area contributed by atoms with Gasteiger partial charge in [0.1, 0.15) is 11.6 Å². The summed E-state index contributed by atoms with van der Waals surface area (Å²) in [7, 11) is 0. The Hall–Kier alpha value is -2.63. The molecule has 1 aromatic heterocycles. The van der Waals surface area contributed by atoms with Gasteiger partial charge in [-0.05, 0) is 23.1 Å². The van der Waals surface area contributed by atoms with Gasteiger partial charge in [-0.3, -0.25) is 4.90 Å². The Morgan fingerprint density at radius 3 is 2.41 bits per heavy atom. The van der Waals surface area contributed by atoms with E-state index in [4.69, 9.17) is 10.5 Å². The number of nitrogens with two attached hydrogens (primary N) is 1. The highest BCUT2D eigenvalue weighted by Gasteiger charge is 2.27. The first-order valence-corrected chi connectivity index (χ1v) is 9.89. The maximum atomic E-state index is 12.6. The monoisotopic (exact) mass is 378 g/mol. The van der Waals surface area contributed by atoms with Crippen LogP contribution in [0, 0.1) is 0 Å². The van der Waals surface area contributed by atoms with Gasteiger partial charge in [-0.15, -0.1) is 11.3 Å². The van der Waals surface area contributed by atoms with Crippen LogP contribution < -0.4 is 5.73 Å². The topological polar surface area (TPSA) is 55.6 Å². The summed E-state index contributed by atoms with van der Waals surface area (Å²) in [5.41, 5.74) is 10.1. The SMILES string of the molecule is Nc1sc2c(c1C(=O)OCc1ccccc1)CCN(Cc1ccccc1)C2. The number of nitrogen functional groups attached to an aromatic ring is 1. The number of thiophene rings is 1. The molecule has 0 saturated heterocycles. The average Bonchev–Trinajstić information content (AvgIpc) is 3.03. The number of fused-ring (bicyclic) bond motifs is 1. The smallest absolute Gasteiger partial charge is 0.341 e. The van der Waals surface area contributed by atoms with E-state index in [1.165, 1.54) is 21.8 Å². The molecule has 4 rings (SSSR count). The zero-order valence-electron chi connectivity index (χ0n) is 15.1. The summed E-state index contributed by atoms with van der Waals surface area (Å²) in [6.07, 6.45) is 0.825. The Morgan fingerprint density at radius 2 is 1.70 bits per heavy atom. The Balaban J connectivity index is 1.45. The van der Waals surface area contributed by atoms with Crippen LogP contribution in [0.15, 0.2) is 60.7 Å². The predicted octanol–water partition coefficient (Wildman–Crippen LogP) is 4.25. The molecule has 138 valence electrons. The van der Waals surface area contributed by atoms with Crippen molar-refractivity contribution in [3.8, 4) is 0 Å². The molecule has 0 bridgehead atoms. The summed E-state index contributed by atoms with van der Waals surface area (Å²) < 4.78 is 5.52. The van der Waals surface area contributed by atoms with Crippen molar-refractivity contribution < 1.29 is 9.53 Å². The van der Waals surface area contributed by atoms with E-state index in [1.807, 2.05) is 36.4 Å². The number of carbonyl (C=O) groups is 1. The van der Waals surface area contributed by atoms with Gasteiger partial charge in [0.05, 0.1) is 5.56 Å². The minimum Gasteiger partial charge on any atom is -0.457 e. The number of hydrogen-bond donors (Lipinski definition) is 1. The zero-order valence-corrected chi connectivity index (χ0v) is 15.9. The number of ether oxygens (including phenoxy) is 1. The van der Waals surface area contributed by atoms with Gasteiger partial charge in [0.2, 0.25) is 0 Å². The van der Waals surface area contributed by atoms with Gasteiger partial charge in [-0.1, -0.05) is 60.7 Å². The van der Waals surface area contributed by atoms with E-state index in [1.54, 1.807) is 0 Å². The van der Waals surface area contributed by atoms with Crippen LogP contribution in [0.1, 0.15) is 31.9 Å². The van der Waals surface area contributed by atoms with E-state index in [0.717, 1.165) is 37.2 Å². The van der Waals surface area contributed by atoms with Crippen LogP contribution in [0.3, 0.4) is 0 Å². The van der Waals surface area contributed by atoms with E-state index < -0.39 is 0 Å². The first-order valence-electron chi connectivity index (χ1n) is 9.08. The van der Waals surface area contributed by atoms with Gasteiger partial charge in [0.15, 0.2) is 0 Å². The summed E-state index contributed by atoms with van der Waals surface area (Å²) in [4.78, 5) is 16.2. The minimum absolute atomic E-state index is 0.268. The predicted molar refractivity (Wildman–Crippen MR) is 109 cm³/mol. The Bertz CT molecular complexity index is 922. The van der Waals surface area contributed by atoms with Crippen molar-refractivity contribution in [1.82, 2.24) is 4.90 Å². The second-order valence-electron chi connectivity index (χ2n) is 6.75. The van der Waals surface area contributed by atoms with Crippen LogP contribution >= 0.6 is 11.3 Å². The van der Waals surface area contributed by atoms with Gasteiger partial charge in [-0.25, -0.2) is 4.79 Å².